The van der Waals surface area contributed by atoms with Crippen LogP contribution < -0.4 is 4.90 Å². The number of rotatable bonds is 5. The molecule has 0 bridgehead atoms. The predicted molar refractivity (Wildman–Crippen MR) is 121 cm³/mol. The van der Waals surface area contributed by atoms with Gasteiger partial charge >= 0.3 is 0 Å². The van der Waals surface area contributed by atoms with Gasteiger partial charge in [0.15, 0.2) is 11.0 Å². The predicted octanol–water partition coefficient (Wildman–Crippen LogP) is 4.34. The molecule has 0 atom stereocenters. The molecule has 0 saturated heterocycles. The van der Waals surface area contributed by atoms with E-state index in [2.05, 4.69) is 61.1 Å². The first-order chi connectivity index (χ1) is 14.4. The molecule has 0 unspecified atom stereocenters. The van der Waals surface area contributed by atoms with E-state index in [1.165, 1.54) is 22.9 Å². The molecular weight excluding hydrogens is 394 g/mol. The van der Waals surface area contributed by atoms with E-state index in [0.717, 1.165) is 41.7 Å². The SMILES string of the molecule is CCn1c(SCC(=O)N2CCc3cc(C(C)(C)C)ccc32)nnc1-c1cccnc1. The summed E-state index contributed by atoms with van der Waals surface area (Å²) in [6, 6.07) is 10.3. The monoisotopic (exact) mass is 421 g/mol. The molecule has 0 radical (unpaired) electrons. The van der Waals surface area contributed by atoms with Crippen LogP contribution in [-0.4, -0.2) is 38.0 Å². The molecule has 1 aliphatic heterocycles. The highest BCUT2D eigenvalue weighted by molar-refractivity contribution is 7.99. The molecule has 3 aromatic rings. The minimum atomic E-state index is 0.107. The van der Waals surface area contributed by atoms with Crippen molar-refractivity contribution < 1.29 is 4.79 Å². The fraction of sp³-hybridized carbons (Fsp3) is 0.391. The summed E-state index contributed by atoms with van der Waals surface area (Å²) in [6.07, 6.45) is 4.43. The van der Waals surface area contributed by atoms with E-state index < -0.39 is 0 Å². The van der Waals surface area contributed by atoms with Gasteiger partial charge in [-0.1, -0.05) is 44.7 Å². The Balaban J connectivity index is 1.48. The molecule has 7 heteroatoms. The number of hydrogen-bond donors (Lipinski definition) is 0. The van der Waals surface area contributed by atoms with Crippen molar-refractivity contribution in [2.75, 3.05) is 17.2 Å². The topological polar surface area (TPSA) is 63.9 Å². The van der Waals surface area contributed by atoms with E-state index >= 15 is 0 Å². The minimum Gasteiger partial charge on any atom is -0.311 e. The highest BCUT2D eigenvalue weighted by Gasteiger charge is 2.27. The van der Waals surface area contributed by atoms with Crippen molar-refractivity contribution in [2.24, 2.45) is 0 Å². The summed E-state index contributed by atoms with van der Waals surface area (Å²) >= 11 is 1.44. The Morgan fingerprint density at radius 1 is 1.20 bits per heavy atom. The van der Waals surface area contributed by atoms with E-state index in [1.54, 1.807) is 12.4 Å². The molecule has 1 amide bonds. The summed E-state index contributed by atoms with van der Waals surface area (Å²) < 4.78 is 2.03. The fourth-order valence-corrected chi connectivity index (χ4v) is 4.60. The Hall–Kier alpha value is -2.67. The number of hydrogen-bond acceptors (Lipinski definition) is 5. The molecule has 4 rings (SSSR count). The van der Waals surface area contributed by atoms with Crippen LogP contribution in [0.25, 0.3) is 11.4 Å². The average molecular weight is 422 g/mol. The van der Waals surface area contributed by atoms with Gasteiger partial charge in [0.2, 0.25) is 5.91 Å². The summed E-state index contributed by atoms with van der Waals surface area (Å²) in [7, 11) is 0. The standard InChI is InChI=1S/C23H27N5OS/c1-5-27-21(17-7-6-11-24-14-17)25-26-22(27)30-15-20(29)28-12-10-16-13-18(23(2,3)4)8-9-19(16)28/h6-9,11,13-14H,5,10,12,15H2,1-4H3. The van der Waals surface area contributed by atoms with Crippen molar-refractivity contribution in [1.82, 2.24) is 19.7 Å². The van der Waals surface area contributed by atoms with Crippen LogP contribution in [0.3, 0.4) is 0 Å². The summed E-state index contributed by atoms with van der Waals surface area (Å²) in [5.41, 5.74) is 4.65. The fourth-order valence-electron chi connectivity index (χ4n) is 3.72. The van der Waals surface area contributed by atoms with Crippen molar-refractivity contribution in [2.45, 2.75) is 51.2 Å². The lowest BCUT2D eigenvalue weighted by molar-refractivity contribution is -0.116. The molecule has 3 heterocycles. The van der Waals surface area contributed by atoms with Crippen LogP contribution in [0, 0.1) is 0 Å². The van der Waals surface area contributed by atoms with E-state index in [9.17, 15) is 4.79 Å². The van der Waals surface area contributed by atoms with E-state index in [0.29, 0.717) is 5.75 Å². The number of carbonyl (C=O) groups is 1. The van der Waals surface area contributed by atoms with Gasteiger partial charge in [-0.05, 0) is 48.1 Å². The van der Waals surface area contributed by atoms with Crippen LogP contribution >= 0.6 is 11.8 Å². The molecule has 0 aliphatic carbocycles. The van der Waals surface area contributed by atoms with Gasteiger partial charge in [0.25, 0.3) is 0 Å². The molecule has 0 spiro atoms. The van der Waals surface area contributed by atoms with Gasteiger partial charge in [0.1, 0.15) is 0 Å². The van der Waals surface area contributed by atoms with E-state index in [1.807, 2.05) is 21.6 Å². The zero-order chi connectivity index (χ0) is 21.3. The van der Waals surface area contributed by atoms with Gasteiger partial charge in [0.05, 0.1) is 5.75 Å². The van der Waals surface area contributed by atoms with E-state index in [4.69, 9.17) is 0 Å². The van der Waals surface area contributed by atoms with Crippen LogP contribution in [0.1, 0.15) is 38.8 Å². The maximum atomic E-state index is 13.0. The second-order valence-electron chi connectivity index (χ2n) is 8.47. The third-order valence-electron chi connectivity index (χ3n) is 5.42. The highest BCUT2D eigenvalue weighted by atomic mass is 32.2. The number of thioether (sulfide) groups is 1. The number of carbonyl (C=O) groups excluding carboxylic acids is 1. The van der Waals surface area contributed by atoms with Crippen LogP contribution in [-0.2, 0) is 23.2 Å². The number of aromatic nitrogens is 4. The lowest BCUT2D eigenvalue weighted by Crippen LogP contribution is -2.30. The van der Waals surface area contributed by atoms with Gasteiger partial charge in [-0.15, -0.1) is 10.2 Å². The highest BCUT2D eigenvalue weighted by Crippen LogP contribution is 2.33. The van der Waals surface area contributed by atoms with Crippen molar-refractivity contribution >= 4 is 23.4 Å². The first-order valence-corrected chi connectivity index (χ1v) is 11.3. The largest absolute Gasteiger partial charge is 0.311 e. The minimum absolute atomic E-state index is 0.107. The van der Waals surface area contributed by atoms with Crippen molar-refractivity contribution in [3.05, 3.63) is 53.9 Å². The van der Waals surface area contributed by atoms with Gasteiger partial charge in [0, 0.05) is 36.7 Å². The lowest BCUT2D eigenvalue weighted by Gasteiger charge is -2.21. The summed E-state index contributed by atoms with van der Waals surface area (Å²) in [6.45, 7) is 10.2. The first kappa shape index (κ1) is 20.6. The third kappa shape index (κ3) is 3.99. The number of anilines is 1. The maximum Gasteiger partial charge on any atom is 0.237 e. The van der Waals surface area contributed by atoms with Gasteiger partial charge in [-0.2, -0.15) is 0 Å². The second kappa shape index (κ2) is 8.22. The van der Waals surface area contributed by atoms with Crippen molar-refractivity contribution in [1.29, 1.82) is 0 Å². The maximum absolute atomic E-state index is 13.0. The van der Waals surface area contributed by atoms with Crippen LogP contribution in [0.5, 0.6) is 0 Å². The van der Waals surface area contributed by atoms with E-state index in [-0.39, 0.29) is 11.3 Å². The summed E-state index contributed by atoms with van der Waals surface area (Å²) in [5, 5.41) is 9.41. The first-order valence-electron chi connectivity index (χ1n) is 10.3. The number of fused-ring (bicyclic) bond motifs is 1. The Bertz CT molecular complexity index is 1060. The van der Waals surface area contributed by atoms with Crippen molar-refractivity contribution in [3.63, 3.8) is 0 Å². The van der Waals surface area contributed by atoms with Crippen LogP contribution in [0.15, 0.2) is 47.9 Å². The number of pyridine rings is 1. The number of nitrogens with zero attached hydrogens (tertiary/aromatic N) is 5. The molecule has 0 fully saturated rings. The third-order valence-corrected chi connectivity index (χ3v) is 6.37. The molecule has 30 heavy (non-hydrogen) atoms. The molecule has 2 aromatic heterocycles. The Morgan fingerprint density at radius 2 is 2.03 bits per heavy atom. The average Bonchev–Trinajstić information content (AvgIpc) is 3.35. The lowest BCUT2D eigenvalue weighted by atomic mass is 9.86. The number of benzene rings is 1. The van der Waals surface area contributed by atoms with Crippen LogP contribution in [0.2, 0.25) is 0 Å². The smallest absolute Gasteiger partial charge is 0.237 e. The molecule has 0 N–H and O–H groups in total. The van der Waals surface area contributed by atoms with Crippen molar-refractivity contribution in [3.8, 4) is 11.4 Å². The normalized spacial score (nSPS) is 13.5. The zero-order valence-electron chi connectivity index (χ0n) is 17.9. The summed E-state index contributed by atoms with van der Waals surface area (Å²) in [4.78, 5) is 19.0. The van der Waals surface area contributed by atoms with Crippen LogP contribution in [0.4, 0.5) is 5.69 Å². The molecule has 6 nitrogen and oxygen atoms in total. The van der Waals surface area contributed by atoms with Gasteiger partial charge in [-0.25, -0.2) is 0 Å². The Kier molecular flexibility index (Phi) is 5.64. The zero-order valence-corrected chi connectivity index (χ0v) is 18.7. The molecule has 1 aromatic carbocycles. The second-order valence-corrected chi connectivity index (χ2v) is 9.41. The Morgan fingerprint density at radius 3 is 2.73 bits per heavy atom. The molecule has 1 aliphatic rings. The molecular formula is C23H27N5OS. The molecule has 0 saturated carbocycles. The molecule has 156 valence electrons. The number of amides is 1. The van der Waals surface area contributed by atoms with Gasteiger partial charge in [-0.3, -0.25) is 9.78 Å². The quantitative estimate of drug-likeness (QED) is 0.574. The van der Waals surface area contributed by atoms with Gasteiger partial charge < -0.3 is 9.47 Å². The summed E-state index contributed by atoms with van der Waals surface area (Å²) in [5.74, 6) is 1.23. The Labute approximate surface area is 181 Å².